The predicted octanol–water partition coefficient (Wildman–Crippen LogP) is 1.49. The monoisotopic (exact) mass is 247 g/mol. The summed E-state index contributed by atoms with van der Waals surface area (Å²) < 4.78 is 5.30. The second kappa shape index (κ2) is 4.37. The largest absolute Gasteiger partial charge is 0.481 e. The second-order valence-corrected chi connectivity index (χ2v) is 5.30. The number of hydrogen-bond acceptors (Lipinski definition) is 3. The third kappa shape index (κ3) is 1.91. The van der Waals surface area contributed by atoms with Crippen LogP contribution in [-0.4, -0.2) is 35.7 Å². The lowest BCUT2D eigenvalue weighted by Gasteiger charge is -2.27. The van der Waals surface area contributed by atoms with E-state index in [2.05, 4.69) is 17.0 Å². The molecular formula is C14H17NO3. The average Bonchev–Trinajstić information content (AvgIpc) is 2.95. The van der Waals surface area contributed by atoms with E-state index >= 15 is 0 Å². The number of fused-ring (bicyclic) bond motifs is 1. The molecule has 96 valence electrons. The van der Waals surface area contributed by atoms with Gasteiger partial charge in [-0.2, -0.15) is 0 Å². The van der Waals surface area contributed by atoms with Crippen LogP contribution in [0.2, 0.25) is 0 Å². The number of carboxylic acid groups (broad SMARTS) is 1. The van der Waals surface area contributed by atoms with Crippen LogP contribution in [0.15, 0.2) is 24.3 Å². The van der Waals surface area contributed by atoms with Crippen molar-refractivity contribution >= 4 is 5.97 Å². The average molecular weight is 247 g/mol. The molecule has 2 aliphatic rings. The van der Waals surface area contributed by atoms with Crippen molar-refractivity contribution in [3.05, 3.63) is 35.4 Å². The summed E-state index contributed by atoms with van der Waals surface area (Å²) in [5.41, 5.74) is 1.93. The van der Waals surface area contributed by atoms with Crippen molar-refractivity contribution in [3.63, 3.8) is 0 Å². The predicted molar refractivity (Wildman–Crippen MR) is 66.1 cm³/mol. The maximum Gasteiger partial charge on any atom is 0.313 e. The molecule has 3 rings (SSSR count). The molecule has 0 bridgehead atoms. The number of ether oxygens (including phenoxy) is 1. The van der Waals surface area contributed by atoms with Gasteiger partial charge in [-0.1, -0.05) is 24.3 Å². The molecule has 4 heteroatoms. The summed E-state index contributed by atoms with van der Waals surface area (Å²) in [6.07, 6.45) is 0.620. The van der Waals surface area contributed by atoms with E-state index < -0.39 is 11.4 Å². The van der Waals surface area contributed by atoms with Crippen molar-refractivity contribution in [1.82, 2.24) is 4.90 Å². The molecule has 1 aromatic rings. The van der Waals surface area contributed by atoms with Crippen LogP contribution in [-0.2, 0) is 22.6 Å². The molecule has 0 aromatic heterocycles. The van der Waals surface area contributed by atoms with E-state index in [0.29, 0.717) is 26.2 Å². The van der Waals surface area contributed by atoms with Gasteiger partial charge in [0.1, 0.15) is 5.41 Å². The zero-order chi connectivity index (χ0) is 12.6. The molecule has 1 atom stereocenters. The van der Waals surface area contributed by atoms with Crippen LogP contribution in [0.4, 0.5) is 0 Å². The van der Waals surface area contributed by atoms with Crippen LogP contribution in [0.1, 0.15) is 17.5 Å². The molecule has 1 fully saturated rings. The van der Waals surface area contributed by atoms with Crippen LogP contribution >= 0.6 is 0 Å². The molecular weight excluding hydrogens is 230 g/mol. The highest BCUT2D eigenvalue weighted by atomic mass is 16.5. The highest BCUT2D eigenvalue weighted by Gasteiger charge is 2.44. The van der Waals surface area contributed by atoms with Crippen molar-refractivity contribution in [2.24, 2.45) is 5.41 Å². The Kier molecular flexibility index (Phi) is 2.84. The quantitative estimate of drug-likeness (QED) is 0.879. The number of aliphatic carboxylic acids is 1. The van der Waals surface area contributed by atoms with Gasteiger partial charge in [-0.25, -0.2) is 0 Å². The maximum atomic E-state index is 11.5. The number of carbonyl (C=O) groups is 1. The Balaban J connectivity index is 1.73. The van der Waals surface area contributed by atoms with Gasteiger partial charge in [0.25, 0.3) is 0 Å². The molecule has 2 heterocycles. The van der Waals surface area contributed by atoms with Gasteiger partial charge >= 0.3 is 5.97 Å². The minimum absolute atomic E-state index is 0.342. The van der Waals surface area contributed by atoms with E-state index in [0.717, 1.165) is 13.1 Å². The Hall–Kier alpha value is -1.39. The van der Waals surface area contributed by atoms with Crippen LogP contribution < -0.4 is 0 Å². The first-order valence-electron chi connectivity index (χ1n) is 6.30. The topological polar surface area (TPSA) is 49.8 Å². The first kappa shape index (κ1) is 11.7. The van der Waals surface area contributed by atoms with Crippen molar-refractivity contribution in [2.45, 2.75) is 19.5 Å². The molecule has 4 nitrogen and oxygen atoms in total. The lowest BCUT2D eigenvalue weighted by molar-refractivity contribution is -0.150. The maximum absolute atomic E-state index is 11.5. The fraction of sp³-hybridized carbons (Fsp3) is 0.500. The lowest BCUT2D eigenvalue weighted by Crippen LogP contribution is -2.42. The number of carboxylic acids is 1. The standard InChI is InChI=1S/C14H17NO3/c16-13(17)14(5-6-18-10-14)9-15-7-11-3-1-2-4-12(11)8-15/h1-4H,5-10H2,(H,16,17). The van der Waals surface area contributed by atoms with Gasteiger partial charge < -0.3 is 9.84 Å². The zero-order valence-electron chi connectivity index (χ0n) is 10.3. The summed E-state index contributed by atoms with van der Waals surface area (Å²) in [7, 11) is 0. The third-order valence-electron chi connectivity index (χ3n) is 3.99. The smallest absolute Gasteiger partial charge is 0.313 e. The molecule has 1 unspecified atom stereocenters. The van der Waals surface area contributed by atoms with E-state index in [4.69, 9.17) is 4.74 Å². The molecule has 0 radical (unpaired) electrons. The molecule has 1 N–H and O–H groups in total. The molecule has 0 aliphatic carbocycles. The Morgan fingerprint density at radius 3 is 2.50 bits per heavy atom. The van der Waals surface area contributed by atoms with E-state index in [1.807, 2.05) is 12.1 Å². The first-order chi connectivity index (χ1) is 8.70. The van der Waals surface area contributed by atoms with E-state index in [1.165, 1.54) is 11.1 Å². The van der Waals surface area contributed by atoms with Gasteiger partial charge in [0.2, 0.25) is 0 Å². The Morgan fingerprint density at radius 1 is 1.33 bits per heavy atom. The summed E-state index contributed by atoms with van der Waals surface area (Å²) in [5.74, 6) is -0.726. The van der Waals surface area contributed by atoms with Crippen molar-refractivity contribution in [3.8, 4) is 0 Å². The van der Waals surface area contributed by atoms with Crippen LogP contribution in [0.25, 0.3) is 0 Å². The van der Waals surface area contributed by atoms with Gasteiger partial charge in [-0.3, -0.25) is 9.69 Å². The molecule has 2 aliphatic heterocycles. The van der Waals surface area contributed by atoms with Gasteiger partial charge in [0.05, 0.1) is 6.61 Å². The van der Waals surface area contributed by atoms with Gasteiger partial charge in [-0.15, -0.1) is 0 Å². The molecule has 0 amide bonds. The van der Waals surface area contributed by atoms with Gasteiger partial charge in [-0.05, 0) is 17.5 Å². The summed E-state index contributed by atoms with van der Waals surface area (Å²) >= 11 is 0. The summed E-state index contributed by atoms with van der Waals surface area (Å²) in [4.78, 5) is 13.7. The Morgan fingerprint density at radius 2 is 2.00 bits per heavy atom. The van der Waals surface area contributed by atoms with Gasteiger partial charge in [0.15, 0.2) is 0 Å². The van der Waals surface area contributed by atoms with Crippen molar-refractivity contribution in [2.75, 3.05) is 19.8 Å². The van der Waals surface area contributed by atoms with Crippen LogP contribution in [0.3, 0.4) is 0 Å². The summed E-state index contributed by atoms with van der Waals surface area (Å²) in [6.45, 7) is 3.19. The normalized spacial score (nSPS) is 27.3. The first-order valence-corrected chi connectivity index (χ1v) is 6.30. The van der Waals surface area contributed by atoms with Crippen molar-refractivity contribution < 1.29 is 14.6 Å². The second-order valence-electron chi connectivity index (χ2n) is 5.30. The minimum Gasteiger partial charge on any atom is -0.481 e. The van der Waals surface area contributed by atoms with Crippen LogP contribution in [0.5, 0.6) is 0 Å². The van der Waals surface area contributed by atoms with Crippen LogP contribution in [0, 0.1) is 5.41 Å². The summed E-state index contributed by atoms with van der Waals surface area (Å²) in [6, 6.07) is 8.31. The molecule has 1 aromatic carbocycles. The zero-order valence-corrected chi connectivity index (χ0v) is 10.3. The fourth-order valence-corrected chi connectivity index (χ4v) is 2.91. The Bertz CT molecular complexity index is 441. The van der Waals surface area contributed by atoms with Crippen molar-refractivity contribution in [1.29, 1.82) is 0 Å². The fourth-order valence-electron chi connectivity index (χ4n) is 2.91. The molecule has 0 spiro atoms. The highest BCUT2D eigenvalue weighted by Crippen LogP contribution is 2.33. The third-order valence-corrected chi connectivity index (χ3v) is 3.99. The van der Waals surface area contributed by atoms with E-state index in [9.17, 15) is 9.90 Å². The molecule has 0 saturated carbocycles. The molecule has 1 saturated heterocycles. The SMILES string of the molecule is O=C(O)C1(CN2Cc3ccccc3C2)CCOC1. The highest BCUT2D eigenvalue weighted by molar-refractivity contribution is 5.75. The van der Waals surface area contributed by atoms with E-state index in [1.54, 1.807) is 0 Å². The Labute approximate surface area is 106 Å². The number of hydrogen-bond donors (Lipinski definition) is 1. The number of rotatable bonds is 3. The number of benzene rings is 1. The van der Waals surface area contributed by atoms with E-state index in [-0.39, 0.29) is 0 Å². The number of nitrogens with zero attached hydrogens (tertiary/aromatic N) is 1. The minimum atomic E-state index is -0.726. The lowest BCUT2D eigenvalue weighted by atomic mass is 9.87. The molecule has 18 heavy (non-hydrogen) atoms. The van der Waals surface area contributed by atoms with Gasteiger partial charge in [0, 0.05) is 26.2 Å². The summed E-state index contributed by atoms with van der Waals surface area (Å²) in [5, 5.41) is 9.43.